The molecule has 0 spiro atoms. The van der Waals surface area contributed by atoms with Crippen LogP contribution in [-0.2, 0) is 28.6 Å². The van der Waals surface area contributed by atoms with Crippen LogP contribution in [0.15, 0.2) is 0 Å². The van der Waals surface area contributed by atoms with Crippen molar-refractivity contribution in [2.24, 2.45) is 11.8 Å². The van der Waals surface area contributed by atoms with Gasteiger partial charge in [0.05, 0.1) is 0 Å². The molecule has 0 saturated carbocycles. The van der Waals surface area contributed by atoms with Crippen LogP contribution >= 0.6 is 0 Å². The van der Waals surface area contributed by atoms with Crippen molar-refractivity contribution >= 4 is 17.9 Å². The van der Waals surface area contributed by atoms with Gasteiger partial charge in [0.2, 0.25) is 0 Å². The van der Waals surface area contributed by atoms with Crippen molar-refractivity contribution in [2.75, 3.05) is 13.2 Å². The normalized spacial score (nSPS) is 12.1. The molecule has 0 N–H and O–H groups in total. The van der Waals surface area contributed by atoms with E-state index in [9.17, 15) is 14.4 Å². The maximum absolute atomic E-state index is 12.6. The van der Waals surface area contributed by atoms with Crippen molar-refractivity contribution < 1.29 is 28.6 Å². The third-order valence-corrected chi connectivity index (χ3v) is 9.47. The van der Waals surface area contributed by atoms with E-state index in [1.165, 1.54) is 109 Å². The van der Waals surface area contributed by atoms with Gasteiger partial charge in [-0.1, -0.05) is 189 Å². The Bertz CT molecular complexity index is 749. The molecule has 1 atom stereocenters. The summed E-state index contributed by atoms with van der Waals surface area (Å²) in [7, 11) is 0. The highest BCUT2D eigenvalue weighted by atomic mass is 16.6. The molecule has 0 aliphatic heterocycles. The van der Waals surface area contributed by atoms with Gasteiger partial charge in [0.1, 0.15) is 13.2 Å². The average Bonchev–Trinajstić information content (AvgIpc) is 3.06. The van der Waals surface area contributed by atoms with Crippen molar-refractivity contribution in [1.82, 2.24) is 0 Å². The van der Waals surface area contributed by atoms with Crippen LogP contribution < -0.4 is 0 Å². The summed E-state index contributed by atoms with van der Waals surface area (Å²) in [5.74, 6) is 0.750. The van der Waals surface area contributed by atoms with E-state index in [2.05, 4.69) is 34.6 Å². The summed E-state index contributed by atoms with van der Waals surface area (Å²) in [6.45, 7) is 11.2. The molecular weight excluding hydrogens is 612 g/mol. The van der Waals surface area contributed by atoms with Crippen LogP contribution in [0.2, 0.25) is 0 Å². The molecule has 0 rings (SSSR count). The van der Waals surface area contributed by atoms with Gasteiger partial charge in [-0.05, 0) is 31.1 Å². The number of esters is 3. The Hall–Kier alpha value is -1.59. The zero-order valence-electron chi connectivity index (χ0n) is 33.3. The second kappa shape index (κ2) is 36.2. The van der Waals surface area contributed by atoms with Crippen molar-refractivity contribution in [3.05, 3.63) is 0 Å². The third-order valence-electron chi connectivity index (χ3n) is 9.47. The fraction of sp³-hybridized carbons (Fsp3) is 0.930. The van der Waals surface area contributed by atoms with Gasteiger partial charge in [-0.25, -0.2) is 0 Å². The standard InChI is InChI=1S/C43H82O6/c1-6-7-8-21-28-33-41(44)47-36-40(49-43(46)35-30-25-20-16-15-18-23-27-32-39(4)5)37-48-42(45)34-29-24-19-14-12-10-9-11-13-17-22-26-31-38(2)3/h38-40H,6-37H2,1-5H3/t40-/m0/s1. The SMILES string of the molecule is CCCCCCCC(=O)OC[C@@H](COC(=O)CCCCCCCCCCCCCCC(C)C)OC(=O)CCCCCCCCCCC(C)C. The van der Waals surface area contributed by atoms with Gasteiger partial charge in [0, 0.05) is 19.3 Å². The van der Waals surface area contributed by atoms with Gasteiger partial charge in [-0.15, -0.1) is 0 Å². The van der Waals surface area contributed by atoms with Crippen molar-refractivity contribution in [3.63, 3.8) is 0 Å². The Labute approximate surface area is 304 Å². The van der Waals surface area contributed by atoms with Crippen molar-refractivity contribution in [3.8, 4) is 0 Å². The molecule has 0 radical (unpaired) electrons. The molecule has 6 nitrogen and oxygen atoms in total. The quantitative estimate of drug-likeness (QED) is 0.0366. The maximum atomic E-state index is 12.6. The molecule has 0 amide bonds. The molecule has 0 bridgehead atoms. The highest BCUT2D eigenvalue weighted by Gasteiger charge is 2.19. The number of rotatable bonds is 37. The van der Waals surface area contributed by atoms with Crippen LogP contribution in [0.5, 0.6) is 0 Å². The summed E-state index contributed by atoms with van der Waals surface area (Å²) >= 11 is 0. The molecule has 0 fully saturated rings. The lowest BCUT2D eigenvalue weighted by molar-refractivity contribution is -0.167. The molecule has 0 aromatic carbocycles. The van der Waals surface area contributed by atoms with Gasteiger partial charge in [-0.3, -0.25) is 14.4 Å². The second-order valence-corrected chi connectivity index (χ2v) is 15.6. The van der Waals surface area contributed by atoms with E-state index < -0.39 is 6.10 Å². The Morgan fingerprint density at radius 1 is 0.388 bits per heavy atom. The first-order chi connectivity index (χ1) is 23.7. The first-order valence-corrected chi connectivity index (χ1v) is 21.2. The molecule has 0 unspecified atom stereocenters. The summed E-state index contributed by atoms with van der Waals surface area (Å²) in [5, 5.41) is 0. The highest BCUT2D eigenvalue weighted by Crippen LogP contribution is 2.16. The molecular formula is C43H82O6. The van der Waals surface area contributed by atoms with E-state index in [-0.39, 0.29) is 31.1 Å². The summed E-state index contributed by atoms with van der Waals surface area (Å²) in [4.78, 5) is 37.3. The molecule has 0 heterocycles. The third kappa shape index (κ3) is 37.5. The lowest BCUT2D eigenvalue weighted by Crippen LogP contribution is -2.30. The van der Waals surface area contributed by atoms with Gasteiger partial charge < -0.3 is 14.2 Å². The zero-order chi connectivity index (χ0) is 36.2. The van der Waals surface area contributed by atoms with Crippen molar-refractivity contribution in [1.29, 1.82) is 0 Å². The predicted molar refractivity (Wildman–Crippen MR) is 206 cm³/mol. The van der Waals surface area contributed by atoms with Crippen LogP contribution in [0, 0.1) is 11.8 Å². The number of hydrogen-bond acceptors (Lipinski definition) is 6. The minimum atomic E-state index is -0.758. The second-order valence-electron chi connectivity index (χ2n) is 15.6. The number of carbonyl (C=O) groups excluding carboxylic acids is 3. The smallest absolute Gasteiger partial charge is 0.306 e. The monoisotopic (exact) mass is 695 g/mol. The molecule has 0 saturated heterocycles. The Kier molecular flexibility index (Phi) is 35.0. The number of carbonyl (C=O) groups is 3. The van der Waals surface area contributed by atoms with Gasteiger partial charge in [-0.2, -0.15) is 0 Å². The minimum Gasteiger partial charge on any atom is -0.462 e. The largest absolute Gasteiger partial charge is 0.462 e. The zero-order valence-corrected chi connectivity index (χ0v) is 33.3. The fourth-order valence-electron chi connectivity index (χ4n) is 6.22. The minimum absolute atomic E-state index is 0.0666. The molecule has 0 aliphatic rings. The molecule has 290 valence electrons. The summed E-state index contributed by atoms with van der Waals surface area (Å²) < 4.78 is 16.6. The van der Waals surface area contributed by atoms with Crippen LogP contribution in [0.25, 0.3) is 0 Å². The molecule has 0 aromatic rings. The van der Waals surface area contributed by atoms with Crippen LogP contribution in [-0.4, -0.2) is 37.2 Å². The van der Waals surface area contributed by atoms with E-state index in [0.29, 0.717) is 19.3 Å². The number of hydrogen-bond donors (Lipinski definition) is 0. The van der Waals surface area contributed by atoms with Crippen LogP contribution in [0.4, 0.5) is 0 Å². The topological polar surface area (TPSA) is 78.9 Å². The molecule has 6 heteroatoms. The predicted octanol–water partition coefficient (Wildman–Crippen LogP) is 13.0. The van der Waals surface area contributed by atoms with E-state index in [0.717, 1.165) is 76.0 Å². The molecule has 49 heavy (non-hydrogen) atoms. The first-order valence-electron chi connectivity index (χ1n) is 21.2. The van der Waals surface area contributed by atoms with Crippen LogP contribution in [0.1, 0.15) is 227 Å². The Morgan fingerprint density at radius 2 is 0.673 bits per heavy atom. The summed E-state index contributed by atoms with van der Waals surface area (Å²) in [5.41, 5.74) is 0. The number of ether oxygens (including phenoxy) is 3. The van der Waals surface area contributed by atoms with Gasteiger partial charge >= 0.3 is 17.9 Å². The number of unbranched alkanes of at least 4 members (excludes halogenated alkanes) is 22. The summed E-state index contributed by atoms with van der Waals surface area (Å²) in [6, 6.07) is 0. The molecule has 0 aliphatic carbocycles. The van der Waals surface area contributed by atoms with E-state index in [1.807, 2.05) is 0 Å². The average molecular weight is 695 g/mol. The maximum Gasteiger partial charge on any atom is 0.306 e. The van der Waals surface area contributed by atoms with E-state index >= 15 is 0 Å². The first kappa shape index (κ1) is 47.4. The summed E-state index contributed by atoms with van der Waals surface area (Å²) in [6.07, 6.45) is 32.6. The Balaban J connectivity index is 4.20. The lowest BCUT2D eigenvalue weighted by Gasteiger charge is -2.18. The fourth-order valence-corrected chi connectivity index (χ4v) is 6.22. The van der Waals surface area contributed by atoms with Gasteiger partial charge in [0.25, 0.3) is 0 Å². The molecule has 0 aromatic heterocycles. The highest BCUT2D eigenvalue weighted by molar-refractivity contribution is 5.71. The van der Waals surface area contributed by atoms with Crippen molar-refractivity contribution in [2.45, 2.75) is 233 Å². The van der Waals surface area contributed by atoms with E-state index in [4.69, 9.17) is 14.2 Å². The van der Waals surface area contributed by atoms with E-state index in [1.54, 1.807) is 0 Å². The lowest BCUT2D eigenvalue weighted by atomic mass is 10.0. The van der Waals surface area contributed by atoms with Crippen LogP contribution in [0.3, 0.4) is 0 Å². The van der Waals surface area contributed by atoms with Gasteiger partial charge in [0.15, 0.2) is 6.10 Å². The Morgan fingerprint density at radius 3 is 1.00 bits per heavy atom.